The molecule has 2 aliphatic rings. The van der Waals surface area contributed by atoms with Gasteiger partial charge in [-0.05, 0) is 110 Å². The van der Waals surface area contributed by atoms with Crippen LogP contribution in [0.25, 0.3) is 60.9 Å². The summed E-state index contributed by atoms with van der Waals surface area (Å²) in [4.78, 5) is 2.48. The SMILES string of the molecule is CC1(C)c2ccccc2-c2ccc(N(c3cccc(-n4c5ccccc5c5ccccc54)c3)c3ccc4c(c3)-c3c(-c5ccccc5)cccc3C4(C)C)cc21. The van der Waals surface area contributed by atoms with Crippen LogP contribution in [-0.4, -0.2) is 4.57 Å². The summed E-state index contributed by atoms with van der Waals surface area (Å²) in [5, 5.41) is 2.53. The van der Waals surface area contributed by atoms with Crippen molar-refractivity contribution < 1.29 is 0 Å². The first kappa shape index (κ1) is 32.8. The second-order valence-corrected chi connectivity index (χ2v) is 16.6. The molecule has 0 unspecified atom stereocenters. The topological polar surface area (TPSA) is 8.17 Å². The number of fused-ring (bicyclic) bond motifs is 9. The summed E-state index contributed by atoms with van der Waals surface area (Å²) < 4.78 is 2.42. The lowest BCUT2D eigenvalue weighted by Gasteiger charge is -2.29. The molecule has 2 heteroatoms. The Morgan fingerprint density at radius 1 is 0.375 bits per heavy atom. The van der Waals surface area contributed by atoms with Crippen molar-refractivity contribution in [3.63, 3.8) is 0 Å². The summed E-state index contributed by atoms with van der Waals surface area (Å²) in [6.45, 7) is 9.49. The summed E-state index contributed by atoms with van der Waals surface area (Å²) >= 11 is 0. The quantitative estimate of drug-likeness (QED) is 0.172. The third kappa shape index (κ3) is 4.62. The molecule has 0 saturated carbocycles. The van der Waals surface area contributed by atoms with Crippen LogP contribution in [0, 0.1) is 0 Å². The molecule has 0 aliphatic heterocycles. The molecule has 1 heterocycles. The highest BCUT2D eigenvalue weighted by atomic mass is 15.1. The number of rotatable bonds is 5. The summed E-state index contributed by atoms with van der Waals surface area (Å²) in [7, 11) is 0. The molecule has 0 bridgehead atoms. The minimum absolute atomic E-state index is 0.121. The molecule has 0 saturated heterocycles. The van der Waals surface area contributed by atoms with Gasteiger partial charge in [0, 0.05) is 44.4 Å². The van der Waals surface area contributed by atoms with Crippen LogP contribution in [0.4, 0.5) is 17.1 Å². The molecule has 268 valence electrons. The maximum absolute atomic E-state index is 2.48. The molecule has 8 aromatic carbocycles. The number of aromatic nitrogens is 1. The molecule has 0 radical (unpaired) electrons. The van der Waals surface area contributed by atoms with Crippen molar-refractivity contribution in [2.24, 2.45) is 0 Å². The van der Waals surface area contributed by atoms with E-state index in [1.54, 1.807) is 0 Å². The average molecular weight is 719 g/mol. The van der Waals surface area contributed by atoms with Gasteiger partial charge in [-0.15, -0.1) is 0 Å². The molecule has 56 heavy (non-hydrogen) atoms. The molecule has 0 fully saturated rings. The van der Waals surface area contributed by atoms with Gasteiger partial charge in [0.2, 0.25) is 0 Å². The van der Waals surface area contributed by atoms with E-state index in [1.807, 2.05) is 0 Å². The van der Waals surface area contributed by atoms with Crippen LogP contribution in [-0.2, 0) is 10.8 Å². The maximum Gasteiger partial charge on any atom is 0.0541 e. The number of anilines is 3. The first-order valence-electron chi connectivity index (χ1n) is 19.8. The first-order valence-corrected chi connectivity index (χ1v) is 19.8. The minimum Gasteiger partial charge on any atom is -0.310 e. The largest absolute Gasteiger partial charge is 0.310 e. The van der Waals surface area contributed by atoms with Crippen LogP contribution < -0.4 is 4.90 Å². The van der Waals surface area contributed by atoms with Crippen molar-refractivity contribution in [3.8, 4) is 39.1 Å². The van der Waals surface area contributed by atoms with Crippen molar-refractivity contribution >= 4 is 38.9 Å². The molecule has 0 amide bonds. The Bertz CT molecular complexity index is 2980. The summed E-state index contributed by atoms with van der Waals surface area (Å²) in [5.41, 5.74) is 20.0. The van der Waals surface area contributed by atoms with E-state index in [2.05, 4.69) is 219 Å². The zero-order chi connectivity index (χ0) is 37.8. The van der Waals surface area contributed by atoms with Crippen molar-refractivity contribution in [3.05, 3.63) is 204 Å². The smallest absolute Gasteiger partial charge is 0.0541 e. The molecule has 2 aliphatic carbocycles. The zero-order valence-electron chi connectivity index (χ0n) is 32.2. The normalized spacial score (nSPS) is 14.4. The van der Waals surface area contributed by atoms with E-state index in [-0.39, 0.29) is 10.8 Å². The fourth-order valence-electron chi connectivity index (χ4n) is 10.0. The lowest BCUT2D eigenvalue weighted by molar-refractivity contribution is 0.660. The Balaban J connectivity index is 1.15. The number of nitrogens with zero attached hydrogens (tertiary/aromatic N) is 2. The molecule has 11 rings (SSSR count). The predicted molar refractivity (Wildman–Crippen MR) is 236 cm³/mol. The van der Waals surface area contributed by atoms with Crippen LogP contribution >= 0.6 is 0 Å². The highest BCUT2D eigenvalue weighted by Gasteiger charge is 2.38. The lowest BCUT2D eigenvalue weighted by atomic mass is 9.82. The summed E-state index contributed by atoms with van der Waals surface area (Å²) in [6.07, 6.45) is 0. The highest BCUT2D eigenvalue weighted by Crippen LogP contribution is 2.55. The van der Waals surface area contributed by atoms with E-state index in [0.717, 1.165) is 22.7 Å². The predicted octanol–water partition coefficient (Wildman–Crippen LogP) is 14.5. The third-order valence-electron chi connectivity index (χ3n) is 12.8. The van der Waals surface area contributed by atoms with E-state index in [9.17, 15) is 0 Å². The van der Waals surface area contributed by atoms with E-state index in [1.165, 1.54) is 77.4 Å². The van der Waals surface area contributed by atoms with Gasteiger partial charge in [-0.25, -0.2) is 0 Å². The number of benzene rings is 8. The number of hydrogen-bond donors (Lipinski definition) is 0. The summed E-state index contributed by atoms with van der Waals surface area (Å²) in [5.74, 6) is 0. The maximum atomic E-state index is 2.48. The molecule has 0 atom stereocenters. The standard InChI is InChI=1S/C54H42N2/c1-53(2)47-31-29-38(33-45(47)52-40(23-15-25-48(52)53)35-16-6-5-7-17-35)55(39-28-30-42-41-20-8-11-24-46(41)54(3,4)49(42)34-39)36-18-14-19-37(32-36)56-50-26-12-9-21-43(50)44-22-10-13-27-51(44)56/h5-34H,1-4H3. The highest BCUT2D eigenvalue weighted by molar-refractivity contribution is 6.09. The van der Waals surface area contributed by atoms with Gasteiger partial charge in [-0.2, -0.15) is 0 Å². The molecule has 1 aromatic heterocycles. The van der Waals surface area contributed by atoms with Crippen molar-refractivity contribution in [2.75, 3.05) is 4.90 Å². The van der Waals surface area contributed by atoms with Gasteiger partial charge < -0.3 is 9.47 Å². The van der Waals surface area contributed by atoms with Crippen molar-refractivity contribution in [1.82, 2.24) is 4.57 Å². The number of para-hydroxylation sites is 2. The Morgan fingerprint density at radius 3 is 1.71 bits per heavy atom. The molecular formula is C54H42N2. The van der Waals surface area contributed by atoms with Crippen LogP contribution in [0.3, 0.4) is 0 Å². The molecule has 2 nitrogen and oxygen atoms in total. The third-order valence-corrected chi connectivity index (χ3v) is 12.8. The molecular weight excluding hydrogens is 677 g/mol. The van der Waals surface area contributed by atoms with E-state index < -0.39 is 0 Å². The lowest BCUT2D eigenvalue weighted by Crippen LogP contribution is -2.17. The Labute approximate surface area is 328 Å². The van der Waals surface area contributed by atoms with Gasteiger partial charge in [0.15, 0.2) is 0 Å². The monoisotopic (exact) mass is 718 g/mol. The van der Waals surface area contributed by atoms with Crippen molar-refractivity contribution in [2.45, 2.75) is 38.5 Å². The zero-order valence-corrected chi connectivity index (χ0v) is 32.2. The molecule has 0 N–H and O–H groups in total. The van der Waals surface area contributed by atoms with Crippen LogP contribution in [0.1, 0.15) is 49.9 Å². The Hall–Kier alpha value is -6.64. The van der Waals surface area contributed by atoms with Gasteiger partial charge in [0.25, 0.3) is 0 Å². The van der Waals surface area contributed by atoms with Crippen LogP contribution in [0.2, 0.25) is 0 Å². The Morgan fingerprint density at radius 2 is 0.929 bits per heavy atom. The second kappa shape index (κ2) is 11.9. The Kier molecular flexibility index (Phi) is 6.98. The van der Waals surface area contributed by atoms with E-state index in [4.69, 9.17) is 0 Å². The van der Waals surface area contributed by atoms with Crippen LogP contribution in [0.5, 0.6) is 0 Å². The molecule has 9 aromatic rings. The molecule has 0 spiro atoms. The van der Waals surface area contributed by atoms with Crippen LogP contribution in [0.15, 0.2) is 182 Å². The van der Waals surface area contributed by atoms with Gasteiger partial charge in [-0.3, -0.25) is 0 Å². The van der Waals surface area contributed by atoms with Gasteiger partial charge in [-0.1, -0.05) is 155 Å². The first-order chi connectivity index (χ1) is 27.3. The van der Waals surface area contributed by atoms with Gasteiger partial charge in [0.05, 0.1) is 11.0 Å². The second-order valence-electron chi connectivity index (χ2n) is 16.6. The van der Waals surface area contributed by atoms with Gasteiger partial charge >= 0.3 is 0 Å². The minimum atomic E-state index is -0.126. The van der Waals surface area contributed by atoms with E-state index in [0.29, 0.717) is 0 Å². The van der Waals surface area contributed by atoms with Gasteiger partial charge in [0.1, 0.15) is 0 Å². The fourth-order valence-corrected chi connectivity index (χ4v) is 10.0. The van der Waals surface area contributed by atoms with Crippen molar-refractivity contribution in [1.29, 1.82) is 0 Å². The van der Waals surface area contributed by atoms with E-state index >= 15 is 0 Å². The average Bonchev–Trinajstić information content (AvgIpc) is 3.78. The number of hydrogen-bond acceptors (Lipinski definition) is 1. The fraction of sp³-hybridized carbons (Fsp3) is 0.111. The summed E-state index contributed by atoms with van der Waals surface area (Å²) in [6, 6.07) is 67.6.